The molecule has 38 heavy (non-hydrogen) atoms. The lowest BCUT2D eigenvalue weighted by molar-refractivity contribution is -0.129. The van der Waals surface area contributed by atoms with Crippen LogP contribution in [-0.2, 0) is 4.79 Å². The molecule has 0 radical (unpaired) electrons. The monoisotopic (exact) mass is 531 g/mol. The van der Waals surface area contributed by atoms with Gasteiger partial charge in [-0.25, -0.2) is 0 Å². The van der Waals surface area contributed by atoms with Gasteiger partial charge in [0.05, 0.1) is 12.0 Å². The maximum Gasteiger partial charge on any atom is 0.289 e. The molecule has 1 unspecified atom stereocenters. The third kappa shape index (κ3) is 4.84. The number of para-hydroxylation sites is 3. The number of ether oxygens (including phenoxy) is 2. The van der Waals surface area contributed by atoms with E-state index in [9.17, 15) is 9.59 Å². The van der Waals surface area contributed by atoms with Gasteiger partial charge in [-0.2, -0.15) is 0 Å². The van der Waals surface area contributed by atoms with E-state index in [1.54, 1.807) is 21.9 Å². The zero-order valence-electron chi connectivity index (χ0n) is 20.4. The second-order valence-electron chi connectivity index (χ2n) is 8.81. The zero-order chi connectivity index (χ0) is 25.9. The minimum Gasteiger partial charge on any atom is -0.485 e. The summed E-state index contributed by atoms with van der Waals surface area (Å²) >= 11 is 1.33. The van der Waals surface area contributed by atoms with E-state index in [1.807, 2.05) is 59.2 Å². The molecule has 1 saturated heterocycles. The number of thioether (sulfide) groups is 1. The summed E-state index contributed by atoms with van der Waals surface area (Å²) in [7, 11) is 0. The fourth-order valence-corrected chi connectivity index (χ4v) is 5.34. The summed E-state index contributed by atoms with van der Waals surface area (Å²) in [5.41, 5.74) is 0.870. The van der Waals surface area contributed by atoms with Crippen molar-refractivity contribution in [3.8, 4) is 17.2 Å². The standard InChI is InChI=1S/C27H25N5O5S/c33-24(30-12-14-31(15-13-30)26(34)22-11-6-16-35-22)18-38-27-29-28-25(32(27)19-7-2-1-3-8-19)23-17-36-20-9-4-5-10-21(20)37-23/h1-11,16,23H,12-15,17-18H2. The molecule has 0 saturated carbocycles. The molecule has 1 atom stereocenters. The van der Waals surface area contributed by atoms with E-state index in [-0.39, 0.29) is 17.6 Å². The van der Waals surface area contributed by atoms with Crippen LogP contribution >= 0.6 is 11.8 Å². The van der Waals surface area contributed by atoms with Crippen molar-refractivity contribution in [2.24, 2.45) is 0 Å². The fourth-order valence-electron chi connectivity index (χ4n) is 4.48. The fraction of sp³-hybridized carbons (Fsp3) is 0.259. The molecule has 2 aliphatic rings. The number of benzene rings is 2. The van der Waals surface area contributed by atoms with Crippen molar-refractivity contribution >= 4 is 23.6 Å². The molecular weight excluding hydrogens is 506 g/mol. The Balaban J connectivity index is 1.14. The lowest BCUT2D eigenvalue weighted by Crippen LogP contribution is -2.51. The van der Waals surface area contributed by atoms with E-state index in [2.05, 4.69) is 10.2 Å². The normalized spacial score (nSPS) is 16.9. The van der Waals surface area contributed by atoms with Crippen LogP contribution in [-0.4, -0.2) is 74.9 Å². The van der Waals surface area contributed by atoms with Crippen LogP contribution in [0.5, 0.6) is 11.5 Å². The summed E-state index contributed by atoms with van der Waals surface area (Å²) < 4.78 is 19.2. The molecule has 0 aliphatic carbocycles. The SMILES string of the molecule is O=C(CSc1nnc(C2COc3ccccc3O2)n1-c1ccccc1)N1CCN(C(=O)c2ccco2)CC1. The van der Waals surface area contributed by atoms with Gasteiger partial charge in [-0.3, -0.25) is 14.2 Å². The molecule has 2 aromatic heterocycles. The number of piperazine rings is 1. The molecule has 2 aromatic carbocycles. The Morgan fingerprint density at radius 2 is 1.61 bits per heavy atom. The van der Waals surface area contributed by atoms with E-state index >= 15 is 0 Å². The average Bonchev–Trinajstić information content (AvgIpc) is 3.67. The number of hydrogen-bond donors (Lipinski definition) is 0. The van der Waals surface area contributed by atoms with Gasteiger partial charge in [0.2, 0.25) is 5.91 Å². The lowest BCUT2D eigenvalue weighted by atomic mass is 10.2. The number of furan rings is 1. The van der Waals surface area contributed by atoms with E-state index in [0.29, 0.717) is 61.0 Å². The molecule has 2 aliphatic heterocycles. The van der Waals surface area contributed by atoms with Crippen molar-refractivity contribution in [2.75, 3.05) is 38.5 Å². The van der Waals surface area contributed by atoms with Gasteiger partial charge in [0.25, 0.3) is 5.91 Å². The molecular formula is C27H25N5O5S. The first-order chi connectivity index (χ1) is 18.7. The number of aromatic nitrogens is 3. The van der Waals surface area contributed by atoms with Gasteiger partial charge in [0.1, 0.15) is 6.61 Å². The summed E-state index contributed by atoms with van der Waals surface area (Å²) in [4.78, 5) is 29.0. The highest BCUT2D eigenvalue weighted by Crippen LogP contribution is 2.37. The topological polar surface area (TPSA) is 103 Å². The van der Waals surface area contributed by atoms with Crippen LogP contribution in [0.2, 0.25) is 0 Å². The maximum atomic E-state index is 13.1. The third-order valence-electron chi connectivity index (χ3n) is 6.45. The summed E-state index contributed by atoms with van der Waals surface area (Å²) in [6, 6.07) is 20.6. The second kappa shape index (κ2) is 10.6. The van der Waals surface area contributed by atoms with E-state index < -0.39 is 6.10 Å². The Kier molecular flexibility index (Phi) is 6.74. The minimum absolute atomic E-state index is 0.0181. The summed E-state index contributed by atoms with van der Waals surface area (Å²) in [6.45, 7) is 2.15. The molecule has 2 amide bonds. The predicted octanol–water partition coefficient (Wildman–Crippen LogP) is 3.45. The van der Waals surface area contributed by atoms with Crippen LogP contribution in [0.25, 0.3) is 5.69 Å². The highest BCUT2D eigenvalue weighted by atomic mass is 32.2. The number of amides is 2. The van der Waals surface area contributed by atoms with Gasteiger partial charge in [-0.15, -0.1) is 10.2 Å². The molecule has 4 heterocycles. The number of carbonyl (C=O) groups is 2. The minimum atomic E-state index is -0.456. The molecule has 6 rings (SSSR count). The smallest absolute Gasteiger partial charge is 0.289 e. The van der Waals surface area contributed by atoms with Gasteiger partial charge < -0.3 is 23.7 Å². The number of nitrogens with zero attached hydrogens (tertiary/aromatic N) is 5. The Bertz CT molecular complexity index is 1420. The van der Waals surface area contributed by atoms with Crippen molar-refractivity contribution in [3.05, 3.63) is 84.6 Å². The Morgan fingerprint density at radius 3 is 2.37 bits per heavy atom. The first-order valence-electron chi connectivity index (χ1n) is 12.3. The Labute approximate surface area is 223 Å². The Hall–Kier alpha value is -4.25. The molecule has 0 bridgehead atoms. The van der Waals surface area contributed by atoms with E-state index in [4.69, 9.17) is 13.9 Å². The molecule has 0 spiro atoms. The molecule has 1 fully saturated rings. The van der Waals surface area contributed by atoms with Crippen molar-refractivity contribution in [1.82, 2.24) is 24.6 Å². The van der Waals surface area contributed by atoms with Crippen molar-refractivity contribution < 1.29 is 23.5 Å². The number of rotatable bonds is 6. The van der Waals surface area contributed by atoms with Crippen LogP contribution < -0.4 is 9.47 Å². The Morgan fingerprint density at radius 1 is 0.868 bits per heavy atom. The highest BCUT2D eigenvalue weighted by molar-refractivity contribution is 7.99. The van der Waals surface area contributed by atoms with Gasteiger partial charge in [0.15, 0.2) is 34.3 Å². The molecule has 4 aromatic rings. The van der Waals surface area contributed by atoms with E-state index in [1.165, 1.54) is 18.0 Å². The quantitative estimate of drug-likeness (QED) is 0.349. The maximum absolute atomic E-state index is 13.1. The molecule has 0 N–H and O–H groups in total. The number of hydrogen-bond acceptors (Lipinski definition) is 8. The summed E-state index contributed by atoms with van der Waals surface area (Å²) in [5.74, 6) is 2.29. The molecule has 194 valence electrons. The van der Waals surface area contributed by atoms with Gasteiger partial charge in [0, 0.05) is 31.9 Å². The second-order valence-corrected chi connectivity index (χ2v) is 9.76. The average molecular weight is 532 g/mol. The third-order valence-corrected chi connectivity index (χ3v) is 7.36. The zero-order valence-corrected chi connectivity index (χ0v) is 21.3. The van der Waals surface area contributed by atoms with Crippen LogP contribution in [0.1, 0.15) is 22.5 Å². The number of fused-ring (bicyclic) bond motifs is 1. The van der Waals surface area contributed by atoms with Crippen LogP contribution in [0.4, 0.5) is 0 Å². The van der Waals surface area contributed by atoms with Crippen LogP contribution in [0.15, 0.2) is 82.6 Å². The van der Waals surface area contributed by atoms with Crippen LogP contribution in [0, 0.1) is 0 Å². The van der Waals surface area contributed by atoms with Crippen LogP contribution in [0.3, 0.4) is 0 Å². The largest absolute Gasteiger partial charge is 0.485 e. The first kappa shape index (κ1) is 24.1. The first-order valence-corrected chi connectivity index (χ1v) is 13.3. The molecule has 10 nitrogen and oxygen atoms in total. The lowest BCUT2D eigenvalue weighted by Gasteiger charge is -2.34. The van der Waals surface area contributed by atoms with Crippen molar-refractivity contribution in [3.63, 3.8) is 0 Å². The highest BCUT2D eigenvalue weighted by Gasteiger charge is 2.30. The number of carbonyl (C=O) groups excluding carboxylic acids is 2. The van der Waals surface area contributed by atoms with Crippen molar-refractivity contribution in [2.45, 2.75) is 11.3 Å². The predicted molar refractivity (Wildman–Crippen MR) is 139 cm³/mol. The molecule has 11 heteroatoms. The van der Waals surface area contributed by atoms with E-state index in [0.717, 1.165) is 5.69 Å². The van der Waals surface area contributed by atoms with Gasteiger partial charge >= 0.3 is 0 Å². The van der Waals surface area contributed by atoms with Gasteiger partial charge in [-0.05, 0) is 36.4 Å². The van der Waals surface area contributed by atoms with Crippen molar-refractivity contribution in [1.29, 1.82) is 0 Å². The van der Waals surface area contributed by atoms with Gasteiger partial charge in [-0.1, -0.05) is 42.1 Å². The summed E-state index contributed by atoms with van der Waals surface area (Å²) in [6.07, 6.45) is 1.03. The summed E-state index contributed by atoms with van der Waals surface area (Å²) in [5, 5.41) is 9.44.